The molecule has 0 saturated carbocycles. The van der Waals surface area contributed by atoms with Crippen molar-refractivity contribution in [1.29, 1.82) is 0 Å². The second-order valence-electron chi connectivity index (χ2n) is 8.24. The number of fused-ring (bicyclic) bond motifs is 8. The highest BCUT2D eigenvalue weighted by Crippen LogP contribution is 2.53. The quantitative estimate of drug-likeness (QED) is 0.256. The predicted molar refractivity (Wildman–Crippen MR) is 117 cm³/mol. The number of hydrogen-bond acceptors (Lipinski definition) is 0. The van der Waals surface area contributed by atoms with Crippen molar-refractivity contribution in [2.45, 2.75) is 19.3 Å². The Morgan fingerprint density at radius 2 is 1.04 bits per heavy atom. The van der Waals surface area contributed by atoms with Crippen LogP contribution in [0.15, 0.2) is 84.9 Å². The van der Waals surface area contributed by atoms with Crippen LogP contribution in [0.5, 0.6) is 0 Å². The highest BCUT2D eigenvalue weighted by molar-refractivity contribution is 6.07. The molecule has 6 rings (SSSR count). The van der Waals surface area contributed by atoms with Crippen molar-refractivity contribution in [3.63, 3.8) is 0 Å². The summed E-state index contributed by atoms with van der Waals surface area (Å²) in [5.41, 5.74) is 5.70. The average molecular weight is 344 g/mol. The summed E-state index contributed by atoms with van der Waals surface area (Å²) in [5, 5.41) is 8.05. The minimum atomic E-state index is -0.0203. The minimum absolute atomic E-state index is 0.0203. The molecule has 5 aromatic rings. The summed E-state index contributed by atoms with van der Waals surface area (Å²) in [6.45, 7) is 4.78. The molecule has 128 valence electrons. The van der Waals surface area contributed by atoms with Crippen LogP contribution in [0.2, 0.25) is 0 Å². The smallest absolute Gasteiger partial charge is 0.0171 e. The Balaban J connectivity index is 1.78. The van der Waals surface area contributed by atoms with Gasteiger partial charge in [-0.15, -0.1) is 0 Å². The van der Waals surface area contributed by atoms with Crippen LogP contribution in [0, 0.1) is 0 Å². The van der Waals surface area contributed by atoms with Gasteiger partial charge in [0, 0.05) is 5.41 Å². The molecule has 1 aliphatic carbocycles. The van der Waals surface area contributed by atoms with Gasteiger partial charge in [0.05, 0.1) is 0 Å². The van der Waals surface area contributed by atoms with Crippen LogP contribution in [0.3, 0.4) is 0 Å². The average Bonchev–Trinajstić information content (AvgIpc) is 2.94. The van der Waals surface area contributed by atoms with Gasteiger partial charge < -0.3 is 0 Å². The molecule has 0 atom stereocenters. The predicted octanol–water partition coefficient (Wildman–Crippen LogP) is 7.45. The maximum absolute atomic E-state index is 2.39. The topological polar surface area (TPSA) is 0 Å². The summed E-state index contributed by atoms with van der Waals surface area (Å²) in [6.07, 6.45) is 0. The lowest BCUT2D eigenvalue weighted by Crippen LogP contribution is -2.16. The number of benzene rings is 5. The highest BCUT2D eigenvalue weighted by atomic mass is 14.4. The molecule has 0 radical (unpaired) electrons. The van der Waals surface area contributed by atoms with Crippen LogP contribution in [0.4, 0.5) is 0 Å². The molecular weight excluding hydrogens is 324 g/mol. The van der Waals surface area contributed by atoms with Crippen molar-refractivity contribution >= 4 is 32.3 Å². The molecule has 0 fully saturated rings. The third kappa shape index (κ3) is 1.88. The fourth-order valence-electron chi connectivity index (χ4n) is 5.21. The van der Waals surface area contributed by atoms with E-state index in [4.69, 9.17) is 0 Å². The van der Waals surface area contributed by atoms with Crippen molar-refractivity contribution in [3.8, 4) is 11.1 Å². The molecule has 0 nitrogen and oxygen atoms in total. The molecule has 0 N–H and O–H groups in total. The van der Waals surface area contributed by atoms with Gasteiger partial charge in [-0.1, -0.05) is 86.6 Å². The van der Waals surface area contributed by atoms with E-state index in [-0.39, 0.29) is 5.41 Å². The Morgan fingerprint density at radius 1 is 0.481 bits per heavy atom. The Kier molecular flexibility index (Phi) is 2.77. The Hall–Kier alpha value is -3.12. The van der Waals surface area contributed by atoms with Crippen LogP contribution in [0.1, 0.15) is 25.0 Å². The lowest BCUT2D eigenvalue weighted by molar-refractivity contribution is 0.672. The highest BCUT2D eigenvalue weighted by Gasteiger charge is 2.38. The summed E-state index contributed by atoms with van der Waals surface area (Å²) in [7, 11) is 0. The van der Waals surface area contributed by atoms with Gasteiger partial charge in [-0.05, 0) is 66.7 Å². The summed E-state index contributed by atoms with van der Waals surface area (Å²) in [4.78, 5) is 0. The molecule has 0 heteroatoms. The summed E-state index contributed by atoms with van der Waals surface area (Å²) < 4.78 is 0. The molecule has 0 saturated heterocycles. The fraction of sp³-hybridized carbons (Fsp3) is 0.111. The van der Waals surface area contributed by atoms with Crippen molar-refractivity contribution in [3.05, 3.63) is 96.1 Å². The monoisotopic (exact) mass is 344 g/mol. The Labute approximate surface area is 159 Å². The summed E-state index contributed by atoms with van der Waals surface area (Å²) in [5.74, 6) is 0. The zero-order valence-corrected chi connectivity index (χ0v) is 15.6. The van der Waals surface area contributed by atoms with Gasteiger partial charge in [0.1, 0.15) is 0 Å². The van der Waals surface area contributed by atoms with Crippen LogP contribution >= 0.6 is 0 Å². The van der Waals surface area contributed by atoms with Crippen LogP contribution in [-0.4, -0.2) is 0 Å². The molecule has 0 bridgehead atoms. The van der Waals surface area contributed by atoms with E-state index in [1.165, 1.54) is 54.6 Å². The normalized spacial score (nSPS) is 14.6. The van der Waals surface area contributed by atoms with Crippen molar-refractivity contribution < 1.29 is 0 Å². The van der Waals surface area contributed by atoms with E-state index in [1.807, 2.05) is 0 Å². The summed E-state index contributed by atoms with van der Waals surface area (Å²) >= 11 is 0. The molecule has 0 heterocycles. The van der Waals surface area contributed by atoms with E-state index < -0.39 is 0 Å². The zero-order valence-electron chi connectivity index (χ0n) is 15.6. The lowest BCUT2D eigenvalue weighted by Gasteiger charge is -2.24. The Bertz CT molecular complexity index is 1390. The number of rotatable bonds is 0. The third-order valence-corrected chi connectivity index (χ3v) is 6.36. The molecular formula is C27H20. The van der Waals surface area contributed by atoms with Gasteiger partial charge in [0.2, 0.25) is 0 Å². The van der Waals surface area contributed by atoms with E-state index in [9.17, 15) is 0 Å². The van der Waals surface area contributed by atoms with Crippen LogP contribution in [-0.2, 0) is 5.41 Å². The van der Waals surface area contributed by atoms with E-state index in [2.05, 4.69) is 98.8 Å². The van der Waals surface area contributed by atoms with Gasteiger partial charge in [-0.2, -0.15) is 0 Å². The molecule has 0 spiro atoms. The SMILES string of the molecule is CC1(C)c2c(ccc3ccccc23)-c2ccc3cc4ccccc4cc3c21. The van der Waals surface area contributed by atoms with E-state index in [0.29, 0.717) is 0 Å². The minimum Gasteiger partial charge on any atom is -0.0616 e. The second kappa shape index (κ2) is 4.98. The van der Waals surface area contributed by atoms with E-state index in [1.54, 1.807) is 0 Å². The summed E-state index contributed by atoms with van der Waals surface area (Å²) in [6, 6.07) is 31.4. The first-order chi connectivity index (χ1) is 13.1. The van der Waals surface area contributed by atoms with Gasteiger partial charge in [-0.3, -0.25) is 0 Å². The molecule has 0 amide bonds. The van der Waals surface area contributed by atoms with Gasteiger partial charge in [-0.25, -0.2) is 0 Å². The standard InChI is InChI=1S/C27H20/c1-27(2)25-21-10-6-5-7-17(21)11-13-22(25)23-14-12-20-15-18-8-3-4-9-19(18)16-24(20)26(23)27/h3-16H,1-2H3. The number of hydrogen-bond donors (Lipinski definition) is 0. The molecule has 0 aromatic heterocycles. The van der Waals surface area contributed by atoms with Gasteiger partial charge >= 0.3 is 0 Å². The molecule has 0 unspecified atom stereocenters. The zero-order chi connectivity index (χ0) is 18.2. The van der Waals surface area contributed by atoms with E-state index in [0.717, 1.165) is 0 Å². The van der Waals surface area contributed by atoms with Crippen molar-refractivity contribution in [1.82, 2.24) is 0 Å². The van der Waals surface area contributed by atoms with Crippen molar-refractivity contribution in [2.24, 2.45) is 0 Å². The lowest BCUT2D eigenvalue weighted by atomic mass is 9.78. The van der Waals surface area contributed by atoms with Gasteiger partial charge in [0.25, 0.3) is 0 Å². The third-order valence-electron chi connectivity index (χ3n) is 6.36. The largest absolute Gasteiger partial charge is 0.0616 e. The first kappa shape index (κ1) is 15.0. The van der Waals surface area contributed by atoms with Crippen LogP contribution in [0.25, 0.3) is 43.4 Å². The Morgan fingerprint density at radius 3 is 1.78 bits per heavy atom. The molecule has 27 heavy (non-hydrogen) atoms. The van der Waals surface area contributed by atoms with Crippen LogP contribution < -0.4 is 0 Å². The van der Waals surface area contributed by atoms with E-state index >= 15 is 0 Å². The van der Waals surface area contributed by atoms with Gasteiger partial charge in [0.15, 0.2) is 0 Å². The molecule has 1 aliphatic rings. The maximum atomic E-state index is 2.39. The fourth-order valence-corrected chi connectivity index (χ4v) is 5.21. The van der Waals surface area contributed by atoms with Crippen molar-refractivity contribution in [2.75, 3.05) is 0 Å². The molecule has 5 aromatic carbocycles. The first-order valence-electron chi connectivity index (χ1n) is 9.63. The first-order valence-corrected chi connectivity index (χ1v) is 9.63. The second-order valence-corrected chi connectivity index (χ2v) is 8.24. The molecule has 0 aliphatic heterocycles. The maximum Gasteiger partial charge on any atom is 0.0171 e.